The van der Waals surface area contributed by atoms with Gasteiger partial charge in [0.2, 0.25) is 0 Å². The number of ether oxygens (including phenoxy) is 2. The van der Waals surface area contributed by atoms with Crippen LogP contribution >= 0.6 is 23.5 Å². The van der Waals surface area contributed by atoms with E-state index in [1.807, 2.05) is 48.9 Å². The molecule has 8 heteroatoms. The quantitative estimate of drug-likeness (QED) is 0.394. The molecule has 0 aliphatic rings. The zero-order valence-electron chi connectivity index (χ0n) is 16.8. The van der Waals surface area contributed by atoms with E-state index in [1.54, 1.807) is 23.0 Å². The molecule has 0 spiro atoms. The molecule has 0 fully saturated rings. The average molecular weight is 439 g/mol. The summed E-state index contributed by atoms with van der Waals surface area (Å²) >= 11 is 2.91. The average Bonchev–Trinajstić information content (AvgIpc) is 3.29. The summed E-state index contributed by atoms with van der Waals surface area (Å²) in [4.78, 5) is 29.1. The van der Waals surface area contributed by atoms with Crippen molar-refractivity contribution < 1.29 is 9.47 Å². The summed E-state index contributed by atoms with van der Waals surface area (Å²) < 4.78 is 13.8. The third-order valence-corrected chi connectivity index (χ3v) is 7.12. The van der Waals surface area contributed by atoms with E-state index >= 15 is 0 Å². The van der Waals surface area contributed by atoms with Crippen LogP contribution in [0, 0.1) is 0 Å². The number of methoxy groups -OCH3 is 2. The summed E-state index contributed by atoms with van der Waals surface area (Å²) in [6, 6.07) is 11.0. The number of hydrogen-bond acceptors (Lipinski definition) is 6. The molecule has 0 atom stereocenters. The number of benzene rings is 2. The van der Waals surface area contributed by atoms with Gasteiger partial charge in [-0.3, -0.25) is 18.4 Å². The summed E-state index contributed by atoms with van der Waals surface area (Å²) in [6.07, 6.45) is 3.82. The molecule has 0 saturated heterocycles. The number of thioether (sulfide) groups is 2. The molecule has 0 aliphatic carbocycles. The van der Waals surface area contributed by atoms with E-state index in [0.717, 1.165) is 20.6 Å². The second kappa shape index (κ2) is 6.85. The van der Waals surface area contributed by atoms with Gasteiger partial charge in [0.1, 0.15) is 22.5 Å². The Morgan fingerprint density at radius 3 is 1.43 bits per heavy atom. The number of nitrogens with zero attached hydrogens (tertiary/aromatic N) is 2. The first-order valence-corrected chi connectivity index (χ1v) is 11.6. The Morgan fingerprint density at radius 2 is 1.10 bits per heavy atom. The molecule has 0 amide bonds. The Hall–Kier alpha value is -2.84. The van der Waals surface area contributed by atoms with Crippen LogP contribution in [0.4, 0.5) is 0 Å². The molecular formula is C22H18N2O4S2. The maximum Gasteiger partial charge on any atom is 0.281 e. The Labute approximate surface area is 179 Å². The fraction of sp³-hybridized carbons (Fsp3) is 0.182. The molecule has 0 radical (unpaired) electrons. The highest BCUT2D eigenvalue weighted by Crippen LogP contribution is 2.37. The molecule has 3 heterocycles. The molecule has 2 aromatic carbocycles. The van der Waals surface area contributed by atoms with Crippen molar-refractivity contribution >= 4 is 56.4 Å². The van der Waals surface area contributed by atoms with Crippen molar-refractivity contribution in [1.82, 2.24) is 8.80 Å². The second-order valence-corrected chi connectivity index (χ2v) is 8.44. The van der Waals surface area contributed by atoms with E-state index in [4.69, 9.17) is 9.47 Å². The first kappa shape index (κ1) is 19.1. The predicted octanol–water partition coefficient (Wildman–Crippen LogP) is 4.12. The Morgan fingerprint density at radius 1 is 0.700 bits per heavy atom. The zero-order valence-corrected chi connectivity index (χ0v) is 18.4. The van der Waals surface area contributed by atoms with Crippen LogP contribution in [-0.2, 0) is 0 Å². The molecule has 0 aliphatic heterocycles. The van der Waals surface area contributed by atoms with E-state index < -0.39 is 0 Å². The number of hydrogen-bond donors (Lipinski definition) is 0. The van der Waals surface area contributed by atoms with Gasteiger partial charge in [-0.25, -0.2) is 0 Å². The molecule has 152 valence electrons. The molecule has 0 saturated carbocycles. The standard InChI is InChI=1S/C22H18N2O4S2/c1-27-11-5-7-15-13(9-11)19(29-3)17-21(25)24-16-8-6-12(28-2)10-14(16)20(30-4)18(24)22(26)23(15)17/h5-10H,1-4H3. The Bertz CT molecular complexity index is 1470. The molecular weight excluding hydrogens is 420 g/mol. The van der Waals surface area contributed by atoms with Crippen LogP contribution in [0.3, 0.4) is 0 Å². The highest BCUT2D eigenvalue weighted by atomic mass is 32.2. The van der Waals surface area contributed by atoms with Crippen LogP contribution in [0.25, 0.3) is 32.8 Å². The minimum absolute atomic E-state index is 0.209. The van der Waals surface area contributed by atoms with Crippen molar-refractivity contribution in [2.45, 2.75) is 9.79 Å². The van der Waals surface area contributed by atoms with E-state index in [-0.39, 0.29) is 11.1 Å². The monoisotopic (exact) mass is 438 g/mol. The Kier molecular flexibility index (Phi) is 4.37. The molecule has 0 N–H and O–H groups in total. The fourth-order valence-electron chi connectivity index (χ4n) is 4.17. The van der Waals surface area contributed by atoms with Gasteiger partial charge in [0.25, 0.3) is 11.1 Å². The minimum Gasteiger partial charge on any atom is -0.497 e. The number of aromatic nitrogens is 2. The van der Waals surface area contributed by atoms with Gasteiger partial charge in [0, 0.05) is 20.6 Å². The lowest BCUT2D eigenvalue weighted by molar-refractivity contribution is 0.415. The lowest BCUT2D eigenvalue weighted by Gasteiger charge is -2.02. The zero-order chi connectivity index (χ0) is 21.2. The maximum absolute atomic E-state index is 13.8. The second-order valence-electron chi connectivity index (χ2n) is 6.81. The Balaban J connectivity index is 2.11. The van der Waals surface area contributed by atoms with E-state index in [2.05, 4.69) is 0 Å². The SMILES string of the molecule is COc1ccc2c(c1)c(SC)c1c(=O)n3c(c(SC)c4cc(OC)ccc43)c(=O)n12. The van der Waals surface area contributed by atoms with Crippen molar-refractivity contribution in [3.63, 3.8) is 0 Å². The van der Waals surface area contributed by atoms with Crippen molar-refractivity contribution in [3.05, 3.63) is 57.1 Å². The number of rotatable bonds is 4. The summed E-state index contributed by atoms with van der Waals surface area (Å²) in [5, 5.41) is 1.67. The van der Waals surface area contributed by atoms with Gasteiger partial charge < -0.3 is 9.47 Å². The van der Waals surface area contributed by atoms with Crippen LogP contribution in [0.1, 0.15) is 0 Å². The van der Waals surface area contributed by atoms with Gasteiger partial charge in [-0.1, -0.05) is 0 Å². The summed E-state index contributed by atoms with van der Waals surface area (Å²) in [7, 11) is 3.20. The van der Waals surface area contributed by atoms with Crippen molar-refractivity contribution in [3.8, 4) is 11.5 Å². The first-order chi connectivity index (χ1) is 14.5. The van der Waals surface area contributed by atoms with E-state index in [0.29, 0.717) is 33.6 Å². The molecule has 5 aromatic rings. The third-order valence-electron chi connectivity index (χ3n) is 5.48. The van der Waals surface area contributed by atoms with E-state index in [1.165, 1.54) is 23.5 Å². The molecule has 5 rings (SSSR count). The summed E-state index contributed by atoms with van der Waals surface area (Å²) in [6.45, 7) is 0. The molecule has 6 nitrogen and oxygen atoms in total. The minimum atomic E-state index is -0.209. The highest BCUT2D eigenvalue weighted by Gasteiger charge is 2.24. The smallest absolute Gasteiger partial charge is 0.281 e. The fourth-order valence-corrected chi connectivity index (χ4v) is 5.68. The summed E-state index contributed by atoms with van der Waals surface area (Å²) in [5.74, 6) is 1.37. The van der Waals surface area contributed by atoms with Crippen LogP contribution in [0.2, 0.25) is 0 Å². The van der Waals surface area contributed by atoms with Gasteiger partial charge in [-0.2, -0.15) is 0 Å². The van der Waals surface area contributed by atoms with Crippen molar-refractivity contribution in [1.29, 1.82) is 0 Å². The maximum atomic E-state index is 13.8. The first-order valence-electron chi connectivity index (χ1n) is 9.18. The number of fused-ring (bicyclic) bond motifs is 6. The van der Waals surface area contributed by atoms with Crippen molar-refractivity contribution in [2.24, 2.45) is 0 Å². The lowest BCUT2D eigenvalue weighted by atomic mass is 10.2. The third kappa shape index (κ3) is 2.34. The van der Waals surface area contributed by atoms with Gasteiger partial charge in [-0.15, -0.1) is 23.5 Å². The van der Waals surface area contributed by atoms with Crippen LogP contribution in [0.5, 0.6) is 11.5 Å². The van der Waals surface area contributed by atoms with E-state index in [9.17, 15) is 9.59 Å². The lowest BCUT2D eigenvalue weighted by Crippen LogP contribution is -2.26. The predicted molar refractivity (Wildman–Crippen MR) is 124 cm³/mol. The van der Waals surface area contributed by atoms with Crippen molar-refractivity contribution in [2.75, 3.05) is 26.7 Å². The molecule has 3 aromatic heterocycles. The van der Waals surface area contributed by atoms with Crippen LogP contribution < -0.4 is 20.6 Å². The molecule has 30 heavy (non-hydrogen) atoms. The van der Waals surface area contributed by atoms with Crippen LogP contribution in [0.15, 0.2) is 55.8 Å². The van der Waals surface area contributed by atoms with Crippen LogP contribution in [-0.4, -0.2) is 35.5 Å². The van der Waals surface area contributed by atoms with Gasteiger partial charge >= 0.3 is 0 Å². The normalized spacial score (nSPS) is 11.9. The van der Waals surface area contributed by atoms with Gasteiger partial charge in [0.05, 0.1) is 25.3 Å². The topological polar surface area (TPSA) is 61.4 Å². The molecule has 0 bridgehead atoms. The largest absolute Gasteiger partial charge is 0.497 e. The van der Waals surface area contributed by atoms with Gasteiger partial charge in [-0.05, 0) is 48.9 Å². The van der Waals surface area contributed by atoms with Gasteiger partial charge in [0.15, 0.2) is 0 Å². The summed E-state index contributed by atoms with van der Waals surface area (Å²) in [5.41, 5.74) is 1.77. The molecule has 0 unspecified atom stereocenters. The highest BCUT2D eigenvalue weighted by molar-refractivity contribution is 7.99.